The maximum absolute atomic E-state index is 12.1. The molecule has 2 N–H and O–H groups in total. The van der Waals surface area contributed by atoms with Gasteiger partial charge in [-0.25, -0.2) is 13.1 Å². The monoisotopic (exact) mass is 376 g/mol. The number of carbonyl (C=O) groups excluding carboxylic acids is 1. The van der Waals surface area contributed by atoms with E-state index < -0.39 is 10.0 Å². The van der Waals surface area contributed by atoms with E-state index in [1.54, 1.807) is 56.2 Å². The summed E-state index contributed by atoms with van der Waals surface area (Å²) in [6.07, 6.45) is 6.55. The van der Waals surface area contributed by atoms with Crippen molar-refractivity contribution >= 4 is 22.0 Å². The fourth-order valence-corrected chi connectivity index (χ4v) is 3.91. The number of hydrogen-bond acceptors (Lipinski definition) is 4. The van der Waals surface area contributed by atoms with Crippen molar-refractivity contribution < 1.29 is 13.2 Å². The van der Waals surface area contributed by atoms with Crippen molar-refractivity contribution in [3.05, 3.63) is 59.4 Å². The van der Waals surface area contributed by atoms with Crippen LogP contribution in [0.4, 0.5) is 0 Å². The summed E-state index contributed by atoms with van der Waals surface area (Å²) in [6.45, 7) is 3.81. The van der Waals surface area contributed by atoms with Crippen LogP contribution >= 0.6 is 0 Å². The number of rotatable bonds is 8. The van der Waals surface area contributed by atoms with E-state index in [0.717, 1.165) is 11.1 Å². The SMILES string of the molecule is CC(C)NS(=O)(=O)Cc1ccccc1CNC(=O)/C=C/c1cnn(C)c1. The average Bonchev–Trinajstić information content (AvgIpc) is 2.96. The van der Waals surface area contributed by atoms with Gasteiger partial charge in [-0.15, -0.1) is 0 Å². The number of nitrogens with one attached hydrogen (secondary N) is 2. The summed E-state index contributed by atoms with van der Waals surface area (Å²) in [6, 6.07) is 7.01. The largest absolute Gasteiger partial charge is 0.348 e. The van der Waals surface area contributed by atoms with E-state index in [2.05, 4.69) is 15.1 Å². The molecular formula is C18H24N4O3S. The predicted octanol–water partition coefficient (Wildman–Crippen LogP) is 1.58. The number of amides is 1. The van der Waals surface area contributed by atoms with Gasteiger partial charge in [0.2, 0.25) is 15.9 Å². The number of benzene rings is 1. The van der Waals surface area contributed by atoms with Crippen LogP contribution in [0.25, 0.3) is 6.08 Å². The number of aromatic nitrogens is 2. The second-order valence-corrected chi connectivity index (χ2v) is 8.05. The van der Waals surface area contributed by atoms with E-state index in [1.165, 1.54) is 6.08 Å². The van der Waals surface area contributed by atoms with Gasteiger partial charge in [0.25, 0.3) is 0 Å². The van der Waals surface area contributed by atoms with Crippen LogP contribution in [0.3, 0.4) is 0 Å². The zero-order valence-electron chi connectivity index (χ0n) is 15.1. The lowest BCUT2D eigenvalue weighted by molar-refractivity contribution is -0.116. The topological polar surface area (TPSA) is 93.1 Å². The van der Waals surface area contributed by atoms with Crippen LogP contribution in [-0.2, 0) is 34.2 Å². The van der Waals surface area contributed by atoms with E-state index in [0.29, 0.717) is 5.56 Å². The number of nitrogens with zero attached hydrogens (tertiary/aromatic N) is 2. The number of carbonyl (C=O) groups is 1. The Hall–Kier alpha value is -2.45. The van der Waals surface area contributed by atoms with Gasteiger partial charge >= 0.3 is 0 Å². The Kier molecular flexibility index (Phi) is 6.70. The third kappa shape index (κ3) is 6.45. The van der Waals surface area contributed by atoms with E-state index in [1.807, 2.05) is 12.1 Å². The second kappa shape index (κ2) is 8.77. The molecule has 0 aliphatic carbocycles. The van der Waals surface area contributed by atoms with E-state index in [9.17, 15) is 13.2 Å². The summed E-state index contributed by atoms with van der Waals surface area (Å²) in [4.78, 5) is 12.0. The highest BCUT2D eigenvalue weighted by Crippen LogP contribution is 2.12. The summed E-state index contributed by atoms with van der Waals surface area (Å²) in [5.41, 5.74) is 2.26. The minimum Gasteiger partial charge on any atom is -0.348 e. The zero-order chi connectivity index (χ0) is 19.2. The summed E-state index contributed by atoms with van der Waals surface area (Å²) in [5.74, 6) is -0.380. The van der Waals surface area contributed by atoms with Crippen LogP contribution in [0.2, 0.25) is 0 Å². The molecule has 0 radical (unpaired) electrons. The molecule has 7 nitrogen and oxygen atoms in total. The first-order valence-corrected chi connectivity index (χ1v) is 9.92. The van der Waals surface area contributed by atoms with E-state index in [4.69, 9.17) is 0 Å². The standard InChI is InChI=1S/C18H24N4O3S/c1-14(2)21-26(24,25)13-17-7-5-4-6-16(17)11-19-18(23)9-8-15-10-20-22(3)12-15/h4-10,12,14,21H,11,13H2,1-3H3,(H,19,23)/b9-8+. The highest BCUT2D eigenvalue weighted by atomic mass is 32.2. The van der Waals surface area contributed by atoms with Gasteiger partial charge in [0.15, 0.2) is 0 Å². The summed E-state index contributed by atoms with van der Waals surface area (Å²) in [5, 5.41) is 6.80. The summed E-state index contributed by atoms with van der Waals surface area (Å²) >= 11 is 0. The van der Waals surface area contributed by atoms with Crippen molar-refractivity contribution in [2.45, 2.75) is 32.2 Å². The zero-order valence-corrected chi connectivity index (χ0v) is 16.0. The number of sulfonamides is 1. The fourth-order valence-electron chi connectivity index (χ4n) is 2.42. The Bertz CT molecular complexity index is 885. The Morgan fingerprint density at radius 3 is 2.58 bits per heavy atom. The lowest BCUT2D eigenvalue weighted by Crippen LogP contribution is -2.31. The molecular weight excluding hydrogens is 352 g/mol. The van der Waals surface area contributed by atoms with Gasteiger partial charge in [0.05, 0.1) is 11.9 Å². The summed E-state index contributed by atoms with van der Waals surface area (Å²) in [7, 11) is -1.62. The van der Waals surface area contributed by atoms with Crippen molar-refractivity contribution in [2.75, 3.05) is 0 Å². The number of aryl methyl sites for hydroxylation is 1. The molecule has 2 rings (SSSR count). The molecule has 0 fully saturated rings. The van der Waals surface area contributed by atoms with Crippen molar-refractivity contribution in [1.29, 1.82) is 0 Å². The van der Waals surface area contributed by atoms with Crippen LogP contribution in [0.1, 0.15) is 30.5 Å². The predicted molar refractivity (Wildman–Crippen MR) is 101 cm³/mol. The first kappa shape index (κ1) is 19.9. The molecule has 1 aromatic carbocycles. The minimum absolute atomic E-state index is 0.122. The molecule has 1 aromatic heterocycles. The molecule has 0 atom stereocenters. The molecule has 0 bridgehead atoms. The van der Waals surface area contributed by atoms with Gasteiger partial charge < -0.3 is 5.32 Å². The van der Waals surface area contributed by atoms with Crippen molar-refractivity contribution in [1.82, 2.24) is 19.8 Å². The van der Waals surface area contributed by atoms with Crippen LogP contribution in [0.15, 0.2) is 42.7 Å². The molecule has 8 heteroatoms. The maximum atomic E-state index is 12.1. The Balaban J connectivity index is 1.99. The quantitative estimate of drug-likeness (QED) is 0.684. The Morgan fingerprint density at radius 2 is 1.96 bits per heavy atom. The molecule has 1 heterocycles. The first-order chi connectivity index (χ1) is 12.2. The van der Waals surface area contributed by atoms with Crippen LogP contribution in [0, 0.1) is 0 Å². The molecule has 0 saturated carbocycles. The smallest absolute Gasteiger partial charge is 0.244 e. The van der Waals surface area contributed by atoms with Crippen molar-refractivity contribution in [3.8, 4) is 0 Å². The van der Waals surface area contributed by atoms with Gasteiger partial charge in [-0.05, 0) is 31.1 Å². The Labute approximate surface area is 154 Å². The van der Waals surface area contributed by atoms with E-state index >= 15 is 0 Å². The molecule has 26 heavy (non-hydrogen) atoms. The molecule has 0 saturated heterocycles. The van der Waals surface area contributed by atoms with Crippen molar-refractivity contribution in [2.24, 2.45) is 7.05 Å². The van der Waals surface area contributed by atoms with Gasteiger partial charge in [-0.2, -0.15) is 5.10 Å². The van der Waals surface area contributed by atoms with Gasteiger partial charge in [0.1, 0.15) is 0 Å². The molecule has 1 amide bonds. The second-order valence-electron chi connectivity index (χ2n) is 6.30. The molecule has 2 aromatic rings. The van der Waals surface area contributed by atoms with Gasteiger partial charge in [-0.1, -0.05) is 24.3 Å². The van der Waals surface area contributed by atoms with Crippen molar-refractivity contribution in [3.63, 3.8) is 0 Å². The van der Waals surface area contributed by atoms with Crippen LogP contribution in [0.5, 0.6) is 0 Å². The third-order valence-electron chi connectivity index (χ3n) is 3.48. The normalized spacial score (nSPS) is 12.0. The Morgan fingerprint density at radius 1 is 1.27 bits per heavy atom. The lowest BCUT2D eigenvalue weighted by atomic mass is 10.1. The van der Waals surface area contributed by atoms with Crippen LogP contribution in [-0.4, -0.2) is 30.1 Å². The van der Waals surface area contributed by atoms with Gasteiger partial charge in [0, 0.05) is 37.5 Å². The van der Waals surface area contributed by atoms with Crippen LogP contribution < -0.4 is 10.0 Å². The average molecular weight is 376 g/mol. The number of hydrogen-bond donors (Lipinski definition) is 2. The molecule has 0 spiro atoms. The molecule has 0 unspecified atom stereocenters. The minimum atomic E-state index is -3.42. The van der Waals surface area contributed by atoms with E-state index in [-0.39, 0.29) is 24.2 Å². The lowest BCUT2D eigenvalue weighted by Gasteiger charge is -2.13. The molecule has 140 valence electrons. The molecule has 0 aliphatic rings. The van der Waals surface area contributed by atoms with Gasteiger partial charge in [-0.3, -0.25) is 9.48 Å². The summed E-state index contributed by atoms with van der Waals surface area (Å²) < 4.78 is 28.5. The molecule has 0 aliphatic heterocycles. The maximum Gasteiger partial charge on any atom is 0.244 e. The highest BCUT2D eigenvalue weighted by molar-refractivity contribution is 7.88. The highest BCUT2D eigenvalue weighted by Gasteiger charge is 2.15. The fraction of sp³-hybridized carbons (Fsp3) is 0.333. The third-order valence-corrected chi connectivity index (χ3v) is 5.01. The first-order valence-electron chi connectivity index (χ1n) is 8.26.